The highest BCUT2D eigenvalue weighted by atomic mass is 35.5. The average Bonchev–Trinajstić information content (AvgIpc) is 2.68. The molecule has 1 aromatic carbocycles. The molecule has 0 aliphatic heterocycles. The number of carboxylic acids is 1. The highest BCUT2D eigenvalue weighted by Gasteiger charge is 2.15. The molecular formula is C21H25Cl2NO4. The lowest BCUT2D eigenvalue weighted by Crippen LogP contribution is -2.09. The van der Waals surface area contributed by atoms with E-state index in [2.05, 4.69) is 11.9 Å². The number of carboxylic acid groups (broad SMARTS) is 1. The molecule has 0 aliphatic rings. The van der Waals surface area contributed by atoms with E-state index >= 15 is 0 Å². The molecule has 0 saturated carbocycles. The Morgan fingerprint density at radius 1 is 1.25 bits per heavy atom. The van der Waals surface area contributed by atoms with E-state index in [4.69, 9.17) is 26.2 Å². The third kappa shape index (κ3) is 7.06. The van der Waals surface area contributed by atoms with Crippen LogP contribution in [0.3, 0.4) is 0 Å². The zero-order valence-corrected chi connectivity index (χ0v) is 17.5. The van der Waals surface area contributed by atoms with Gasteiger partial charge < -0.3 is 14.6 Å². The van der Waals surface area contributed by atoms with Crippen LogP contribution in [0, 0.1) is 0 Å². The summed E-state index contributed by atoms with van der Waals surface area (Å²) in [5.41, 5.74) is 2.32. The number of nitrogens with zero attached hydrogens (tertiary/aromatic N) is 1. The summed E-state index contributed by atoms with van der Waals surface area (Å²) in [6.07, 6.45) is 4.78. The summed E-state index contributed by atoms with van der Waals surface area (Å²) in [4.78, 5) is 15.2. The number of hydrogen-bond acceptors (Lipinski definition) is 4. The van der Waals surface area contributed by atoms with Crippen molar-refractivity contribution in [3.8, 4) is 11.5 Å². The topological polar surface area (TPSA) is 68.7 Å². The number of aromatic nitrogens is 1. The van der Waals surface area contributed by atoms with Gasteiger partial charge in [0.1, 0.15) is 23.3 Å². The van der Waals surface area contributed by atoms with Crippen molar-refractivity contribution in [2.75, 3.05) is 7.11 Å². The number of carbonyl (C=O) groups is 1. The molecule has 2 aromatic rings. The Hall–Kier alpha value is -2.24. The minimum atomic E-state index is -0.899. The van der Waals surface area contributed by atoms with Gasteiger partial charge in [0.2, 0.25) is 0 Å². The quantitative estimate of drug-likeness (QED) is 0.497. The Morgan fingerprint density at radius 2 is 1.96 bits per heavy atom. The first-order chi connectivity index (χ1) is 13.1. The predicted molar refractivity (Wildman–Crippen MR) is 114 cm³/mol. The molecule has 1 unspecified atom stereocenters. The Labute approximate surface area is 176 Å². The van der Waals surface area contributed by atoms with E-state index in [1.165, 1.54) is 0 Å². The van der Waals surface area contributed by atoms with Crippen molar-refractivity contribution in [3.63, 3.8) is 0 Å². The molecule has 0 fully saturated rings. The van der Waals surface area contributed by atoms with Crippen LogP contribution >= 0.6 is 24.0 Å². The maximum atomic E-state index is 10.8. The van der Waals surface area contributed by atoms with Crippen LogP contribution in [0.1, 0.15) is 49.2 Å². The van der Waals surface area contributed by atoms with Gasteiger partial charge in [0.25, 0.3) is 0 Å². The highest BCUT2D eigenvalue weighted by molar-refractivity contribution is 6.16. The number of aliphatic carboxylic acids is 1. The average molecular weight is 426 g/mol. The molecule has 0 saturated heterocycles. The first-order valence-corrected chi connectivity index (χ1v) is 9.35. The van der Waals surface area contributed by atoms with E-state index in [1.807, 2.05) is 36.4 Å². The summed E-state index contributed by atoms with van der Waals surface area (Å²) < 4.78 is 11.5. The van der Waals surface area contributed by atoms with Crippen molar-refractivity contribution in [3.05, 3.63) is 59.4 Å². The number of alkyl halides is 1. The molecule has 7 heteroatoms. The van der Waals surface area contributed by atoms with E-state index in [9.17, 15) is 4.79 Å². The summed E-state index contributed by atoms with van der Waals surface area (Å²) >= 11 is 5.88. The van der Waals surface area contributed by atoms with Crippen molar-refractivity contribution in [2.24, 2.45) is 0 Å². The van der Waals surface area contributed by atoms with Gasteiger partial charge in [-0.1, -0.05) is 31.6 Å². The van der Waals surface area contributed by atoms with Crippen LogP contribution in [-0.4, -0.2) is 23.2 Å². The number of pyridine rings is 1. The second-order valence-corrected chi connectivity index (χ2v) is 6.26. The Morgan fingerprint density at radius 3 is 2.54 bits per heavy atom. The van der Waals surface area contributed by atoms with Gasteiger partial charge in [-0.05, 0) is 42.3 Å². The van der Waals surface area contributed by atoms with E-state index in [0.29, 0.717) is 17.1 Å². The third-order valence-electron chi connectivity index (χ3n) is 3.96. The zero-order chi connectivity index (χ0) is 19.6. The fourth-order valence-electron chi connectivity index (χ4n) is 2.60. The van der Waals surface area contributed by atoms with Crippen LogP contribution in [0.15, 0.2) is 42.5 Å². The molecule has 5 nitrogen and oxygen atoms in total. The summed E-state index contributed by atoms with van der Waals surface area (Å²) in [7, 11) is 1.63. The van der Waals surface area contributed by atoms with Gasteiger partial charge in [-0.15, -0.1) is 24.0 Å². The van der Waals surface area contributed by atoms with E-state index in [-0.39, 0.29) is 30.8 Å². The highest BCUT2D eigenvalue weighted by Crippen LogP contribution is 2.30. The van der Waals surface area contributed by atoms with Gasteiger partial charge in [-0.2, -0.15) is 0 Å². The van der Waals surface area contributed by atoms with Crippen molar-refractivity contribution < 1.29 is 19.4 Å². The third-order valence-corrected chi connectivity index (χ3v) is 4.23. The van der Waals surface area contributed by atoms with Gasteiger partial charge >= 0.3 is 5.97 Å². The Kier molecular flexibility index (Phi) is 10.4. The summed E-state index contributed by atoms with van der Waals surface area (Å²) in [5.74, 6) is 0.764. The number of rotatable bonds is 10. The van der Waals surface area contributed by atoms with Gasteiger partial charge in [0.05, 0.1) is 25.1 Å². The largest absolute Gasteiger partial charge is 0.497 e. The fraction of sp³-hybridized carbons (Fsp3) is 0.333. The standard InChI is InChI=1S/C21H24ClNO4.ClH/c1-3-5-19(15-8-11-17(26-2)12-9-15)27-20-13-10-16(14-22)23-18(20)6-4-7-21(24)25;/h4,6,8-13,19H,3,5,7,14H2,1-2H3,(H,24,25);1H. The van der Waals surface area contributed by atoms with Crippen molar-refractivity contribution >= 4 is 36.1 Å². The normalized spacial score (nSPS) is 11.7. The van der Waals surface area contributed by atoms with Gasteiger partial charge in [0, 0.05) is 0 Å². The lowest BCUT2D eigenvalue weighted by Gasteiger charge is -2.20. The van der Waals surface area contributed by atoms with E-state index in [0.717, 1.165) is 24.2 Å². The maximum Gasteiger partial charge on any atom is 0.307 e. The lowest BCUT2D eigenvalue weighted by molar-refractivity contribution is -0.135. The number of benzene rings is 1. The lowest BCUT2D eigenvalue weighted by atomic mass is 10.0. The van der Waals surface area contributed by atoms with Crippen molar-refractivity contribution in [1.29, 1.82) is 0 Å². The second-order valence-electron chi connectivity index (χ2n) is 5.99. The molecule has 0 amide bonds. The maximum absolute atomic E-state index is 10.8. The summed E-state index contributed by atoms with van der Waals surface area (Å²) in [5, 5.41) is 8.83. The molecule has 2 rings (SSSR count). The monoisotopic (exact) mass is 425 g/mol. The van der Waals surface area contributed by atoms with Crippen LogP contribution in [0.4, 0.5) is 0 Å². The molecule has 1 aromatic heterocycles. The van der Waals surface area contributed by atoms with Gasteiger partial charge in [-0.25, -0.2) is 4.98 Å². The number of hydrogen-bond donors (Lipinski definition) is 1. The second kappa shape index (κ2) is 12.3. The zero-order valence-electron chi connectivity index (χ0n) is 15.9. The molecule has 0 spiro atoms. The Bertz CT molecular complexity index is 778. The summed E-state index contributed by atoms with van der Waals surface area (Å²) in [6, 6.07) is 11.4. The molecule has 0 aliphatic carbocycles. The van der Waals surface area contributed by atoms with E-state index < -0.39 is 5.97 Å². The van der Waals surface area contributed by atoms with Crippen molar-refractivity contribution in [1.82, 2.24) is 4.98 Å². The van der Waals surface area contributed by atoms with Crippen LogP contribution in [0.2, 0.25) is 0 Å². The summed E-state index contributed by atoms with van der Waals surface area (Å²) in [6.45, 7) is 2.10. The molecular weight excluding hydrogens is 401 g/mol. The molecule has 0 bridgehead atoms. The molecule has 0 radical (unpaired) electrons. The minimum Gasteiger partial charge on any atom is -0.497 e. The number of methoxy groups -OCH3 is 1. The van der Waals surface area contributed by atoms with Crippen LogP contribution in [-0.2, 0) is 10.7 Å². The predicted octanol–water partition coefficient (Wildman–Crippen LogP) is 5.66. The van der Waals surface area contributed by atoms with E-state index in [1.54, 1.807) is 19.3 Å². The van der Waals surface area contributed by atoms with Crippen LogP contribution < -0.4 is 9.47 Å². The van der Waals surface area contributed by atoms with Crippen LogP contribution in [0.25, 0.3) is 6.08 Å². The van der Waals surface area contributed by atoms with Crippen LogP contribution in [0.5, 0.6) is 11.5 Å². The number of ether oxygens (including phenoxy) is 2. The molecule has 1 N–H and O–H groups in total. The number of halogens is 2. The molecule has 1 heterocycles. The van der Waals surface area contributed by atoms with Crippen molar-refractivity contribution in [2.45, 2.75) is 38.2 Å². The van der Waals surface area contributed by atoms with Gasteiger partial charge in [-0.3, -0.25) is 4.79 Å². The molecule has 28 heavy (non-hydrogen) atoms. The molecule has 1 atom stereocenters. The first kappa shape index (κ1) is 23.8. The fourth-order valence-corrected chi connectivity index (χ4v) is 2.75. The first-order valence-electron chi connectivity index (χ1n) is 8.82. The Balaban J connectivity index is 0.00000392. The molecule has 152 valence electrons. The minimum absolute atomic E-state index is 0. The SMILES string of the molecule is CCCC(Oc1ccc(CCl)nc1C=CCC(=O)O)c1ccc(OC)cc1.Cl. The van der Waals surface area contributed by atoms with Gasteiger partial charge in [0.15, 0.2) is 0 Å². The smallest absolute Gasteiger partial charge is 0.307 e.